The molecule has 1 N–H and O–H groups in total. The van der Waals surface area contributed by atoms with Crippen LogP contribution >= 0.6 is 23.1 Å². The second-order valence-corrected chi connectivity index (χ2v) is 4.69. The molecule has 0 saturated heterocycles. The molecule has 1 aromatic heterocycles. The zero-order valence-corrected chi connectivity index (χ0v) is 9.17. The second-order valence-electron chi connectivity index (χ2n) is 2.98. The average Bonchev–Trinajstić information content (AvgIpc) is 2.72. The van der Waals surface area contributed by atoms with Gasteiger partial charge >= 0.3 is 0 Å². The van der Waals surface area contributed by atoms with Gasteiger partial charge in [-0.3, -0.25) is 4.99 Å². The van der Waals surface area contributed by atoms with Crippen molar-refractivity contribution in [3.05, 3.63) is 21.9 Å². The molecule has 0 unspecified atom stereocenters. The summed E-state index contributed by atoms with van der Waals surface area (Å²) in [5, 5.41) is 8.77. The Hall–Kier alpha value is -0.480. The fourth-order valence-corrected chi connectivity index (χ4v) is 3.11. The zero-order chi connectivity index (χ0) is 9.10. The summed E-state index contributed by atoms with van der Waals surface area (Å²) in [5.74, 6) is 1.04. The molecule has 0 aliphatic carbocycles. The Labute approximate surface area is 86.5 Å². The molecular formula is C9H12N2S2. The lowest BCUT2D eigenvalue weighted by Gasteiger charge is -2.00. The van der Waals surface area contributed by atoms with Crippen molar-refractivity contribution < 1.29 is 0 Å². The fraction of sp³-hybridized carbons (Fsp3) is 0.444. The number of nitrogens with zero attached hydrogens (tertiary/aromatic N) is 1. The van der Waals surface area contributed by atoms with Crippen LogP contribution in [0.5, 0.6) is 0 Å². The van der Waals surface area contributed by atoms with E-state index in [1.165, 1.54) is 11.1 Å². The lowest BCUT2D eigenvalue weighted by atomic mass is 10.2. The van der Waals surface area contributed by atoms with E-state index in [0.717, 1.165) is 24.0 Å². The third-order valence-corrected chi connectivity index (χ3v) is 3.88. The van der Waals surface area contributed by atoms with Crippen LogP contribution in [0.1, 0.15) is 11.1 Å². The number of rotatable bonds is 2. The van der Waals surface area contributed by atoms with E-state index < -0.39 is 0 Å². The van der Waals surface area contributed by atoms with Crippen molar-refractivity contribution >= 4 is 28.3 Å². The normalized spacial score (nSPS) is 15.6. The SMILES string of the molecule is Cc1cscc1CSC1=NCCN1. The van der Waals surface area contributed by atoms with Gasteiger partial charge in [0.2, 0.25) is 0 Å². The van der Waals surface area contributed by atoms with Crippen molar-refractivity contribution in [2.24, 2.45) is 4.99 Å². The molecule has 70 valence electrons. The van der Waals surface area contributed by atoms with E-state index in [0.29, 0.717) is 0 Å². The molecule has 4 heteroatoms. The smallest absolute Gasteiger partial charge is 0.157 e. The van der Waals surface area contributed by atoms with Crippen LogP contribution in [0, 0.1) is 6.92 Å². The Balaban J connectivity index is 1.89. The van der Waals surface area contributed by atoms with Crippen molar-refractivity contribution in [1.29, 1.82) is 0 Å². The van der Waals surface area contributed by atoms with Crippen LogP contribution in [-0.4, -0.2) is 18.3 Å². The number of amidine groups is 1. The summed E-state index contributed by atoms with van der Waals surface area (Å²) < 4.78 is 0. The molecule has 2 heterocycles. The van der Waals surface area contributed by atoms with Gasteiger partial charge in [0, 0.05) is 12.3 Å². The number of hydrogen-bond donors (Lipinski definition) is 1. The van der Waals surface area contributed by atoms with Crippen LogP contribution in [-0.2, 0) is 5.75 Å². The largest absolute Gasteiger partial charge is 0.363 e. The van der Waals surface area contributed by atoms with E-state index in [9.17, 15) is 0 Å². The minimum Gasteiger partial charge on any atom is -0.363 e. The molecule has 1 aliphatic heterocycles. The van der Waals surface area contributed by atoms with Crippen molar-refractivity contribution in [3.63, 3.8) is 0 Å². The topological polar surface area (TPSA) is 24.4 Å². The van der Waals surface area contributed by atoms with Crippen molar-refractivity contribution in [3.8, 4) is 0 Å². The number of nitrogens with one attached hydrogen (secondary N) is 1. The molecule has 0 spiro atoms. The van der Waals surface area contributed by atoms with E-state index >= 15 is 0 Å². The Bertz CT molecular complexity index is 317. The van der Waals surface area contributed by atoms with Gasteiger partial charge in [-0.25, -0.2) is 0 Å². The van der Waals surface area contributed by atoms with Crippen LogP contribution in [0.25, 0.3) is 0 Å². The summed E-state index contributed by atoms with van der Waals surface area (Å²) >= 11 is 3.58. The molecule has 13 heavy (non-hydrogen) atoms. The van der Waals surface area contributed by atoms with Gasteiger partial charge < -0.3 is 5.32 Å². The predicted octanol–water partition coefficient (Wildman–Crippen LogP) is 2.25. The first-order valence-electron chi connectivity index (χ1n) is 4.29. The third kappa shape index (κ3) is 2.25. The molecule has 0 aromatic carbocycles. The monoisotopic (exact) mass is 212 g/mol. The van der Waals surface area contributed by atoms with Crippen LogP contribution in [0.3, 0.4) is 0 Å². The summed E-state index contributed by atoms with van der Waals surface area (Å²) in [5.41, 5.74) is 2.84. The summed E-state index contributed by atoms with van der Waals surface area (Å²) in [6.45, 7) is 4.10. The molecule has 1 aliphatic rings. The Kier molecular flexibility index (Phi) is 2.90. The van der Waals surface area contributed by atoms with Gasteiger partial charge in [0.15, 0.2) is 5.17 Å². The Morgan fingerprint density at radius 3 is 3.15 bits per heavy atom. The van der Waals surface area contributed by atoms with E-state index in [1.807, 2.05) is 0 Å². The van der Waals surface area contributed by atoms with Crippen LogP contribution in [0.2, 0.25) is 0 Å². The van der Waals surface area contributed by atoms with Gasteiger partial charge in [0.25, 0.3) is 0 Å². The van der Waals surface area contributed by atoms with Crippen molar-refractivity contribution in [1.82, 2.24) is 5.32 Å². The molecule has 2 nitrogen and oxygen atoms in total. The summed E-state index contributed by atoms with van der Waals surface area (Å²) in [6.07, 6.45) is 0. The molecular weight excluding hydrogens is 200 g/mol. The zero-order valence-electron chi connectivity index (χ0n) is 7.54. The highest BCUT2D eigenvalue weighted by Gasteiger charge is 2.06. The van der Waals surface area contributed by atoms with Gasteiger partial charge in [-0.2, -0.15) is 11.3 Å². The number of aryl methyl sites for hydroxylation is 1. The highest BCUT2D eigenvalue weighted by molar-refractivity contribution is 8.13. The number of hydrogen-bond acceptors (Lipinski definition) is 4. The standard InChI is InChI=1S/C9H12N2S2/c1-7-4-12-5-8(7)6-13-9-10-2-3-11-9/h4-5H,2-3,6H2,1H3,(H,10,11). The quantitative estimate of drug-likeness (QED) is 0.813. The van der Waals surface area contributed by atoms with Crippen LogP contribution < -0.4 is 5.32 Å². The minimum absolute atomic E-state index is 0.935. The fourth-order valence-electron chi connectivity index (χ4n) is 1.15. The van der Waals surface area contributed by atoms with Gasteiger partial charge in [0.05, 0.1) is 6.54 Å². The summed E-state index contributed by atoms with van der Waals surface area (Å²) in [4.78, 5) is 4.34. The first-order valence-corrected chi connectivity index (χ1v) is 6.22. The first-order chi connectivity index (χ1) is 6.36. The highest BCUT2D eigenvalue weighted by Crippen LogP contribution is 2.20. The van der Waals surface area contributed by atoms with Crippen LogP contribution in [0.4, 0.5) is 0 Å². The van der Waals surface area contributed by atoms with E-state index in [4.69, 9.17) is 0 Å². The first kappa shape index (κ1) is 9.09. The number of thioether (sulfide) groups is 1. The molecule has 0 amide bonds. The van der Waals surface area contributed by atoms with E-state index in [2.05, 4.69) is 28.0 Å². The lowest BCUT2D eigenvalue weighted by Crippen LogP contribution is -2.14. The lowest BCUT2D eigenvalue weighted by molar-refractivity contribution is 0.963. The van der Waals surface area contributed by atoms with E-state index in [1.54, 1.807) is 23.1 Å². The number of thiophene rings is 1. The van der Waals surface area contributed by atoms with Gasteiger partial charge in [-0.05, 0) is 28.8 Å². The summed E-state index contributed by atoms with van der Waals surface area (Å²) in [7, 11) is 0. The molecule has 0 saturated carbocycles. The predicted molar refractivity (Wildman–Crippen MR) is 60.7 cm³/mol. The molecule has 0 fully saturated rings. The maximum absolute atomic E-state index is 4.34. The Morgan fingerprint density at radius 2 is 2.54 bits per heavy atom. The second kappa shape index (κ2) is 4.15. The van der Waals surface area contributed by atoms with Crippen molar-refractivity contribution in [2.45, 2.75) is 12.7 Å². The Morgan fingerprint density at radius 1 is 1.62 bits per heavy atom. The van der Waals surface area contributed by atoms with Gasteiger partial charge in [-0.15, -0.1) is 0 Å². The van der Waals surface area contributed by atoms with Crippen LogP contribution in [0.15, 0.2) is 15.8 Å². The van der Waals surface area contributed by atoms with E-state index in [-0.39, 0.29) is 0 Å². The number of aliphatic imine (C=N–C) groups is 1. The molecule has 0 bridgehead atoms. The molecule has 2 rings (SSSR count). The molecule has 0 atom stereocenters. The minimum atomic E-state index is 0.935. The summed E-state index contributed by atoms with van der Waals surface area (Å²) in [6, 6.07) is 0. The average molecular weight is 212 g/mol. The maximum Gasteiger partial charge on any atom is 0.157 e. The molecule has 0 radical (unpaired) electrons. The van der Waals surface area contributed by atoms with Crippen molar-refractivity contribution in [2.75, 3.05) is 13.1 Å². The highest BCUT2D eigenvalue weighted by atomic mass is 32.2. The maximum atomic E-state index is 4.34. The van der Waals surface area contributed by atoms with Gasteiger partial charge in [-0.1, -0.05) is 11.8 Å². The third-order valence-electron chi connectivity index (χ3n) is 1.97. The molecule has 1 aromatic rings. The van der Waals surface area contributed by atoms with Gasteiger partial charge in [0.1, 0.15) is 0 Å².